The van der Waals surface area contributed by atoms with Crippen LogP contribution in [-0.4, -0.2) is 13.2 Å². The highest BCUT2D eigenvalue weighted by Crippen LogP contribution is 2.23. The molecule has 0 heterocycles. The van der Waals surface area contributed by atoms with Crippen LogP contribution in [0.2, 0.25) is 0 Å². The topological polar surface area (TPSA) is 23.3 Å². The van der Waals surface area contributed by atoms with Gasteiger partial charge < -0.3 is 4.74 Å². The SMILES string of the molecule is CCCCC[N]c1ccccc1OCC. The molecule has 1 aromatic carbocycles. The molecular weight excluding hydrogens is 186 g/mol. The molecule has 0 N–H and O–H groups in total. The molecule has 83 valence electrons. The van der Waals surface area contributed by atoms with Crippen LogP contribution in [0.4, 0.5) is 5.69 Å². The third-order valence-electron chi connectivity index (χ3n) is 2.21. The molecule has 0 saturated heterocycles. The largest absolute Gasteiger partial charge is 0.492 e. The average molecular weight is 206 g/mol. The summed E-state index contributed by atoms with van der Waals surface area (Å²) in [5, 5.41) is 4.54. The highest BCUT2D eigenvalue weighted by atomic mass is 16.5. The molecule has 0 aliphatic rings. The van der Waals surface area contributed by atoms with E-state index in [4.69, 9.17) is 4.74 Å². The van der Waals surface area contributed by atoms with Crippen molar-refractivity contribution in [1.29, 1.82) is 0 Å². The fourth-order valence-electron chi connectivity index (χ4n) is 1.43. The van der Waals surface area contributed by atoms with Gasteiger partial charge >= 0.3 is 0 Å². The summed E-state index contributed by atoms with van der Waals surface area (Å²) in [6.07, 6.45) is 3.65. The van der Waals surface area contributed by atoms with Crippen LogP contribution < -0.4 is 10.1 Å². The monoisotopic (exact) mass is 206 g/mol. The van der Waals surface area contributed by atoms with Crippen LogP contribution in [0.15, 0.2) is 24.3 Å². The highest BCUT2D eigenvalue weighted by Gasteiger charge is 2.01. The molecule has 0 unspecified atom stereocenters. The summed E-state index contributed by atoms with van der Waals surface area (Å²) >= 11 is 0. The summed E-state index contributed by atoms with van der Waals surface area (Å²) in [5.74, 6) is 0.900. The fraction of sp³-hybridized carbons (Fsp3) is 0.538. The van der Waals surface area contributed by atoms with Crippen LogP contribution >= 0.6 is 0 Å². The third kappa shape index (κ3) is 4.24. The lowest BCUT2D eigenvalue weighted by Gasteiger charge is -2.09. The van der Waals surface area contributed by atoms with E-state index in [1.807, 2.05) is 31.2 Å². The number of rotatable bonds is 7. The first-order valence-electron chi connectivity index (χ1n) is 5.77. The molecule has 0 aliphatic carbocycles. The van der Waals surface area contributed by atoms with Gasteiger partial charge in [0.05, 0.1) is 12.3 Å². The van der Waals surface area contributed by atoms with Crippen LogP contribution in [0.3, 0.4) is 0 Å². The van der Waals surface area contributed by atoms with E-state index in [-0.39, 0.29) is 0 Å². The van der Waals surface area contributed by atoms with Crippen molar-refractivity contribution in [2.75, 3.05) is 13.2 Å². The predicted octanol–water partition coefficient (Wildman–Crippen LogP) is 3.51. The smallest absolute Gasteiger partial charge is 0.144 e. The third-order valence-corrected chi connectivity index (χ3v) is 2.21. The van der Waals surface area contributed by atoms with E-state index >= 15 is 0 Å². The van der Waals surface area contributed by atoms with Crippen molar-refractivity contribution >= 4 is 5.69 Å². The normalized spacial score (nSPS) is 10.0. The van der Waals surface area contributed by atoms with Gasteiger partial charge in [-0.15, -0.1) is 0 Å². The van der Waals surface area contributed by atoms with E-state index in [0.29, 0.717) is 6.61 Å². The van der Waals surface area contributed by atoms with E-state index in [2.05, 4.69) is 12.2 Å². The lowest BCUT2D eigenvalue weighted by Crippen LogP contribution is -2.02. The standard InChI is InChI=1S/C13H20NO/c1-3-5-8-11-14-12-9-6-7-10-13(12)15-4-2/h6-7,9-10H,3-5,8,11H2,1-2H3. The molecule has 0 spiro atoms. The summed E-state index contributed by atoms with van der Waals surface area (Å²) in [7, 11) is 0. The Bertz CT molecular complexity index is 273. The van der Waals surface area contributed by atoms with Crippen LogP contribution in [0, 0.1) is 0 Å². The second kappa shape index (κ2) is 7.16. The highest BCUT2D eigenvalue weighted by molar-refractivity contribution is 5.50. The first-order chi connectivity index (χ1) is 7.38. The van der Waals surface area contributed by atoms with Gasteiger partial charge in [-0.3, -0.25) is 5.32 Å². The molecule has 0 fully saturated rings. The Labute approximate surface area is 92.6 Å². The maximum absolute atomic E-state index is 5.50. The maximum atomic E-state index is 5.50. The second-order valence-corrected chi connectivity index (χ2v) is 3.49. The van der Waals surface area contributed by atoms with Gasteiger partial charge in [-0.25, -0.2) is 0 Å². The molecule has 0 amide bonds. The van der Waals surface area contributed by atoms with Gasteiger partial charge in [0.25, 0.3) is 0 Å². The Morgan fingerprint density at radius 3 is 2.67 bits per heavy atom. The molecule has 0 atom stereocenters. The summed E-state index contributed by atoms with van der Waals surface area (Å²) in [4.78, 5) is 0. The Morgan fingerprint density at radius 1 is 1.13 bits per heavy atom. The predicted molar refractivity (Wildman–Crippen MR) is 63.8 cm³/mol. The first-order valence-corrected chi connectivity index (χ1v) is 5.77. The van der Waals surface area contributed by atoms with Crippen molar-refractivity contribution in [3.8, 4) is 5.75 Å². The van der Waals surface area contributed by atoms with Gasteiger partial charge in [-0.2, -0.15) is 0 Å². The van der Waals surface area contributed by atoms with Crippen LogP contribution in [-0.2, 0) is 0 Å². The number of hydrogen-bond acceptors (Lipinski definition) is 1. The Kier molecular flexibility index (Phi) is 5.67. The van der Waals surface area contributed by atoms with Crippen molar-refractivity contribution in [3.05, 3.63) is 24.3 Å². The van der Waals surface area contributed by atoms with Crippen LogP contribution in [0.25, 0.3) is 0 Å². The van der Waals surface area contributed by atoms with Crippen molar-refractivity contribution in [1.82, 2.24) is 5.32 Å². The minimum absolute atomic E-state index is 0.696. The molecule has 2 heteroatoms. The van der Waals surface area contributed by atoms with Crippen molar-refractivity contribution in [3.63, 3.8) is 0 Å². The average Bonchev–Trinajstić information content (AvgIpc) is 2.27. The zero-order valence-electron chi connectivity index (χ0n) is 9.70. The molecule has 0 bridgehead atoms. The van der Waals surface area contributed by atoms with E-state index in [0.717, 1.165) is 24.4 Å². The van der Waals surface area contributed by atoms with E-state index in [9.17, 15) is 0 Å². The number of unbranched alkanes of at least 4 members (excludes halogenated alkanes) is 2. The lowest BCUT2D eigenvalue weighted by atomic mass is 10.2. The zero-order valence-corrected chi connectivity index (χ0v) is 9.70. The molecule has 0 aliphatic heterocycles. The van der Waals surface area contributed by atoms with Gasteiger partial charge in [0.15, 0.2) is 0 Å². The molecule has 0 aromatic heterocycles. The lowest BCUT2D eigenvalue weighted by molar-refractivity contribution is 0.339. The molecule has 2 nitrogen and oxygen atoms in total. The van der Waals surface area contributed by atoms with Crippen molar-refractivity contribution in [2.24, 2.45) is 0 Å². The fourth-order valence-corrected chi connectivity index (χ4v) is 1.43. The number of benzene rings is 1. The minimum atomic E-state index is 0.696. The summed E-state index contributed by atoms with van der Waals surface area (Å²) in [5.41, 5.74) is 0.982. The van der Waals surface area contributed by atoms with Crippen molar-refractivity contribution in [2.45, 2.75) is 33.1 Å². The Balaban J connectivity index is 2.44. The van der Waals surface area contributed by atoms with E-state index in [1.165, 1.54) is 12.8 Å². The molecule has 1 aromatic rings. The molecule has 1 radical (unpaired) electrons. The number of nitrogens with zero attached hydrogens (tertiary/aromatic N) is 1. The van der Waals surface area contributed by atoms with Crippen LogP contribution in [0.1, 0.15) is 33.1 Å². The zero-order chi connectivity index (χ0) is 10.9. The summed E-state index contributed by atoms with van der Waals surface area (Å²) in [6, 6.07) is 7.97. The van der Waals surface area contributed by atoms with Crippen molar-refractivity contribution < 1.29 is 4.74 Å². The molecular formula is C13H20NO. The van der Waals surface area contributed by atoms with E-state index < -0.39 is 0 Å². The molecule has 15 heavy (non-hydrogen) atoms. The van der Waals surface area contributed by atoms with Gasteiger partial charge in [0.2, 0.25) is 0 Å². The minimum Gasteiger partial charge on any atom is -0.492 e. The second-order valence-electron chi connectivity index (χ2n) is 3.49. The van der Waals surface area contributed by atoms with Gasteiger partial charge in [0.1, 0.15) is 5.75 Å². The summed E-state index contributed by atoms with van der Waals surface area (Å²) < 4.78 is 5.50. The first kappa shape index (κ1) is 11.9. The van der Waals surface area contributed by atoms with E-state index in [1.54, 1.807) is 0 Å². The van der Waals surface area contributed by atoms with Crippen LogP contribution in [0.5, 0.6) is 5.75 Å². The number of ether oxygens (including phenoxy) is 1. The maximum Gasteiger partial charge on any atom is 0.144 e. The quantitative estimate of drug-likeness (QED) is 0.626. The van der Waals surface area contributed by atoms with Gasteiger partial charge in [-0.05, 0) is 25.5 Å². The molecule has 1 rings (SSSR count). The van der Waals surface area contributed by atoms with Gasteiger partial charge in [-0.1, -0.05) is 31.9 Å². The number of para-hydroxylation sites is 2. The number of hydrogen-bond donors (Lipinski definition) is 0. The Hall–Kier alpha value is -1.18. The summed E-state index contributed by atoms with van der Waals surface area (Å²) in [6.45, 7) is 5.79. The Morgan fingerprint density at radius 2 is 1.93 bits per heavy atom. The molecule has 0 saturated carbocycles. The van der Waals surface area contributed by atoms with Gasteiger partial charge in [0, 0.05) is 6.54 Å².